The van der Waals surface area contributed by atoms with Crippen LogP contribution in [0.5, 0.6) is 0 Å². The quantitative estimate of drug-likeness (QED) is 0.705. The molecule has 0 saturated heterocycles. The number of hydrogen-bond acceptors (Lipinski definition) is 8. The Balaban J connectivity index is 1.93. The van der Waals surface area contributed by atoms with Crippen LogP contribution in [-0.2, 0) is 20.3 Å². The molecule has 0 bridgehead atoms. The van der Waals surface area contributed by atoms with E-state index >= 15 is 0 Å². The fourth-order valence-corrected chi connectivity index (χ4v) is 3.55. The highest BCUT2D eigenvalue weighted by atomic mass is 32.2. The Morgan fingerprint density at radius 2 is 2.17 bits per heavy atom. The van der Waals surface area contributed by atoms with Crippen molar-refractivity contribution in [2.75, 3.05) is 7.11 Å². The number of sulfonamides is 1. The van der Waals surface area contributed by atoms with Gasteiger partial charge in [0.05, 0.1) is 23.9 Å². The highest BCUT2D eigenvalue weighted by molar-refractivity contribution is 7.89. The number of esters is 1. The van der Waals surface area contributed by atoms with Gasteiger partial charge in [-0.05, 0) is 25.8 Å². The predicted molar refractivity (Wildman–Crippen MR) is 75.7 cm³/mol. The number of aryl methyl sites for hydroxylation is 1. The lowest BCUT2D eigenvalue weighted by molar-refractivity contribution is 0.0599. The van der Waals surface area contributed by atoms with Gasteiger partial charge in [0.15, 0.2) is 5.82 Å². The van der Waals surface area contributed by atoms with Crippen LogP contribution in [0.15, 0.2) is 17.2 Å². The van der Waals surface area contributed by atoms with E-state index in [2.05, 4.69) is 35.1 Å². The molecule has 1 fully saturated rings. The Labute approximate surface area is 131 Å². The molecule has 0 radical (unpaired) electrons. The van der Waals surface area contributed by atoms with E-state index in [1.807, 2.05) is 0 Å². The molecule has 122 valence electrons. The Hall–Kier alpha value is -2.40. The summed E-state index contributed by atoms with van der Waals surface area (Å²) < 4.78 is 32.3. The minimum Gasteiger partial charge on any atom is -0.465 e. The molecule has 10 nitrogen and oxygen atoms in total. The van der Waals surface area contributed by atoms with Gasteiger partial charge >= 0.3 is 5.97 Å². The first kappa shape index (κ1) is 15.5. The highest BCUT2D eigenvalue weighted by Crippen LogP contribution is 2.44. The van der Waals surface area contributed by atoms with Gasteiger partial charge in [0.2, 0.25) is 10.0 Å². The fraction of sp³-hybridized carbons (Fsp3) is 0.417. The number of nitrogens with one attached hydrogen (secondary N) is 2. The number of aromatic amines is 1. The third-order valence-corrected chi connectivity index (χ3v) is 5.13. The number of pyridine rings is 1. The van der Waals surface area contributed by atoms with Gasteiger partial charge in [0.1, 0.15) is 4.90 Å². The smallest absolute Gasteiger partial charge is 0.339 e. The van der Waals surface area contributed by atoms with Crippen LogP contribution in [0.1, 0.15) is 34.7 Å². The van der Waals surface area contributed by atoms with Gasteiger partial charge in [-0.2, -0.15) is 9.94 Å². The number of ether oxygens (including phenoxy) is 1. The molecule has 2 aromatic rings. The van der Waals surface area contributed by atoms with Gasteiger partial charge in [-0.25, -0.2) is 13.2 Å². The number of carbonyl (C=O) groups is 1. The number of nitrogens with zero attached hydrogens (tertiary/aromatic N) is 4. The van der Waals surface area contributed by atoms with Crippen LogP contribution in [0.4, 0.5) is 0 Å². The molecule has 2 heterocycles. The molecule has 1 aliphatic carbocycles. The second kappa shape index (κ2) is 5.35. The highest BCUT2D eigenvalue weighted by Gasteiger charge is 2.51. The monoisotopic (exact) mass is 338 g/mol. The van der Waals surface area contributed by atoms with E-state index in [9.17, 15) is 13.2 Å². The topological polar surface area (TPSA) is 140 Å². The number of H-pyrrole nitrogens is 1. The van der Waals surface area contributed by atoms with Crippen LogP contribution in [0, 0.1) is 6.92 Å². The molecule has 2 N–H and O–H groups in total. The van der Waals surface area contributed by atoms with Gasteiger partial charge in [-0.3, -0.25) is 4.98 Å². The summed E-state index contributed by atoms with van der Waals surface area (Å²) in [6.45, 7) is 1.60. The maximum atomic E-state index is 12.6. The normalized spacial score (nSPS) is 16.1. The Morgan fingerprint density at radius 1 is 1.43 bits per heavy atom. The SMILES string of the molecule is COC(=O)c1cc(S(=O)(=O)NC2(c3nn[nH]n3)CC2)cnc1C. The predicted octanol–water partition coefficient (Wildman–Crippen LogP) is -0.343. The maximum absolute atomic E-state index is 12.6. The second-order valence-electron chi connectivity index (χ2n) is 5.22. The van der Waals surface area contributed by atoms with E-state index in [0.29, 0.717) is 18.5 Å². The number of carbonyl (C=O) groups excluding carboxylic acids is 1. The number of tetrazole rings is 1. The molecule has 11 heteroatoms. The summed E-state index contributed by atoms with van der Waals surface area (Å²) in [6.07, 6.45) is 2.32. The summed E-state index contributed by atoms with van der Waals surface area (Å²) in [7, 11) is -2.69. The van der Waals surface area contributed by atoms with Crippen molar-refractivity contribution in [1.82, 2.24) is 30.3 Å². The Bertz CT molecular complexity index is 844. The average Bonchev–Trinajstić information content (AvgIpc) is 3.07. The number of rotatable bonds is 5. The van der Waals surface area contributed by atoms with Crippen molar-refractivity contribution < 1.29 is 17.9 Å². The van der Waals surface area contributed by atoms with Gasteiger partial charge < -0.3 is 4.74 Å². The third-order valence-electron chi connectivity index (χ3n) is 3.63. The number of hydrogen-bond donors (Lipinski definition) is 2. The zero-order valence-electron chi connectivity index (χ0n) is 12.4. The van der Waals surface area contributed by atoms with Crippen LogP contribution >= 0.6 is 0 Å². The molecule has 0 spiro atoms. The van der Waals surface area contributed by atoms with E-state index in [1.165, 1.54) is 19.4 Å². The Morgan fingerprint density at radius 3 is 2.74 bits per heavy atom. The van der Waals surface area contributed by atoms with Crippen molar-refractivity contribution in [1.29, 1.82) is 0 Å². The fourth-order valence-electron chi connectivity index (χ4n) is 2.15. The lowest BCUT2D eigenvalue weighted by atomic mass is 10.2. The largest absolute Gasteiger partial charge is 0.465 e. The average molecular weight is 338 g/mol. The molecule has 1 aliphatic rings. The molecular formula is C12H14N6O4S. The van der Waals surface area contributed by atoms with Crippen molar-refractivity contribution in [3.8, 4) is 0 Å². The molecule has 2 aromatic heterocycles. The lowest BCUT2D eigenvalue weighted by Crippen LogP contribution is -2.36. The van der Waals surface area contributed by atoms with Crippen molar-refractivity contribution >= 4 is 16.0 Å². The van der Waals surface area contributed by atoms with Gasteiger partial charge in [-0.15, -0.1) is 10.2 Å². The summed E-state index contributed by atoms with van der Waals surface area (Å²) in [6, 6.07) is 1.24. The zero-order chi connectivity index (χ0) is 16.7. The molecule has 0 aliphatic heterocycles. The molecular weight excluding hydrogens is 324 g/mol. The van der Waals surface area contributed by atoms with E-state index < -0.39 is 21.5 Å². The summed E-state index contributed by atoms with van der Waals surface area (Å²) in [4.78, 5) is 15.5. The molecule has 3 rings (SSSR count). The van der Waals surface area contributed by atoms with Crippen molar-refractivity contribution in [3.05, 3.63) is 29.3 Å². The molecule has 0 aromatic carbocycles. The summed E-state index contributed by atoms with van der Waals surface area (Å²) in [5.74, 6) is -0.360. The second-order valence-corrected chi connectivity index (χ2v) is 6.90. The molecule has 1 saturated carbocycles. The lowest BCUT2D eigenvalue weighted by Gasteiger charge is -2.14. The van der Waals surface area contributed by atoms with E-state index in [1.54, 1.807) is 6.92 Å². The first-order valence-corrected chi connectivity index (χ1v) is 8.19. The van der Waals surface area contributed by atoms with Crippen LogP contribution < -0.4 is 4.72 Å². The first-order chi connectivity index (χ1) is 10.9. The summed E-state index contributed by atoms with van der Waals surface area (Å²) in [5.41, 5.74) is -0.378. The van der Waals surface area contributed by atoms with Crippen LogP contribution in [0.25, 0.3) is 0 Å². The van der Waals surface area contributed by atoms with Gasteiger partial charge in [-0.1, -0.05) is 5.21 Å². The van der Waals surface area contributed by atoms with Gasteiger partial charge in [0, 0.05) is 6.20 Å². The summed E-state index contributed by atoms with van der Waals surface area (Å²) >= 11 is 0. The first-order valence-electron chi connectivity index (χ1n) is 6.71. The third kappa shape index (κ3) is 2.80. The number of methoxy groups -OCH3 is 1. The van der Waals surface area contributed by atoms with Crippen molar-refractivity contribution in [2.45, 2.75) is 30.2 Å². The van der Waals surface area contributed by atoms with Gasteiger partial charge in [0.25, 0.3) is 0 Å². The molecule has 0 unspecified atom stereocenters. The minimum absolute atomic E-state index is 0.0970. The standard InChI is InChI=1S/C12H14N6O4S/c1-7-9(10(19)22-2)5-8(6-13-7)23(20,21)16-12(3-4-12)11-14-17-18-15-11/h5-6,16H,3-4H2,1-2H3,(H,14,15,17,18). The molecule has 0 atom stereocenters. The van der Waals surface area contributed by atoms with Crippen molar-refractivity contribution in [3.63, 3.8) is 0 Å². The van der Waals surface area contributed by atoms with Crippen LogP contribution in [0.2, 0.25) is 0 Å². The minimum atomic E-state index is -3.90. The van der Waals surface area contributed by atoms with E-state index in [-0.39, 0.29) is 16.3 Å². The van der Waals surface area contributed by atoms with Crippen LogP contribution in [0.3, 0.4) is 0 Å². The zero-order valence-corrected chi connectivity index (χ0v) is 13.2. The van der Waals surface area contributed by atoms with E-state index in [0.717, 1.165) is 0 Å². The number of aromatic nitrogens is 5. The summed E-state index contributed by atoms with van der Waals surface area (Å²) in [5, 5.41) is 13.4. The molecule has 0 amide bonds. The Kier molecular flexibility index (Phi) is 3.60. The maximum Gasteiger partial charge on any atom is 0.339 e. The molecule has 23 heavy (non-hydrogen) atoms. The van der Waals surface area contributed by atoms with E-state index in [4.69, 9.17) is 0 Å². The van der Waals surface area contributed by atoms with Crippen LogP contribution in [-0.4, -0.2) is 47.1 Å². The van der Waals surface area contributed by atoms with Crippen molar-refractivity contribution in [2.24, 2.45) is 0 Å².